The van der Waals surface area contributed by atoms with Gasteiger partial charge in [0.25, 0.3) is 5.24 Å². The molecule has 5 heteroatoms. The van der Waals surface area contributed by atoms with Gasteiger partial charge in [-0.05, 0) is 35.5 Å². The van der Waals surface area contributed by atoms with E-state index in [1.807, 2.05) is 36.4 Å². The molecular weight excluding hydrogens is 302 g/mol. The van der Waals surface area contributed by atoms with Crippen LogP contribution >= 0.6 is 24.0 Å². The molecule has 0 bridgehead atoms. The highest BCUT2D eigenvalue weighted by Gasteiger charge is 2.33. The summed E-state index contributed by atoms with van der Waals surface area (Å²) in [5.41, 5.74) is 1.57. The molecule has 104 valence electrons. The van der Waals surface area contributed by atoms with Gasteiger partial charge in [0, 0.05) is 6.07 Å². The maximum atomic E-state index is 12.2. The van der Waals surface area contributed by atoms with Crippen LogP contribution in [-0.2, 0) is 0 Å². The summed E-state index contributed by atoms with van der Waals surface area (Å²) in [6.07, 6.45) is 1.90. The van der Waals surface area contributed by atoms with Crippen molar-refractivity contribution < 1.29 is 9.90 Å². The summed E-state index contributed by atoms with van der Waals surface area (Å²) >= 11 is 6.50. The Morgan fingerprint density at radius 3 is 2.57 bits per heavy atom. The summed E-state index contributed by atoms with van der Waals surface area (Å²) in [5, 5.41) is 9.38. The lowest BCUT2D eigenvalue weighted by atomic mass is 10.2. The van der Waals surface area contributed by atoms with Gasteiger partial charge >= 0.3 is 0 Å². The van der Waals surface area contributed by atoms with E-state index in [2.05, 4.69) is 0 Å². The van der Waals surface area contributed by atoms with Crippen LogP contribution in [0.1, 0.15) is 5.56 Å². The number of hydrogen-bond donors (Lipinski definition) is 1. The van der Waals surface area contributed by atoms with Gasteiger partial charge in [0.05, 0.1) is 10.6 Å². The van der Waals surface area contributed by atoms with E-state index in [1.54, 1.807) is 18.2 Å². The molecule has 21 heavy (non-hydrogen) atoms. The van der Waals surface area contributed by atoms with E-state index in [0.717, 1.165) is 22.2 Å². The number of benzene rings is 2. The Morgan fingerprint density at radius 2 is 1.86 bits per heavy atom. The number of carbonyl (C=O) groups excluding carboxylic acids is 1. The van der Waals surface area contributed by atoms with Crippen molar-refractivity contribution in [2.45, 2.75) is 0 Å². The molecule has 3 rings (SSSR count). The van der Waals surface area contributed by atoms with Crippen molar-refractivity contribution in [1.82, 2.24) is 0 Å². The Morgan fingerprint density at radius 1 is 1.10 bits per heavy atom. The first-order valence-electron chi connectivity index (χ1n) is 6.27. The van der Waals surface area contributed by atoms with Gasteiger partial charge in [0.15, 0.2) is 0 Å². The molecular formula is C16H11NO2S2. The molecule has 1 N–H and O–H groups in total. The molecule has 0 aliphatic carbocycles. The predicted molar refractivity (Wildman–Crippen MR) is 90.6 cm³/mol. The molecule has 1 heterocycles. The molecule has 1 fully saturated rings. The molecule has 2 aromatic carbocycles. The molecule has 2 aromatic rings. The van der Waals surface area contributed by atoms with E-state index in [-0.39, 0.29) is 11.0 Å². The monoisotopic (exact) mass is 313 g/mol. The molecule has 0 radical (unpaired) electrons. The van der Waals surface area contributed by atoms with Gasteiger partial charge in [0.2, 0.25) is 0 Å². The number of anilines is 1. The summed E-state index contributed by atoms with van der Waals surface area (Å²) in [6, 6.07) is 16.2. The minimum Gasteiger partial charge on any atom is -0.508 e. The Bertz CT molecular complexity index is 741. The van der Waals surface area contributed by atoms with Crippen LogP contribution in [0.4, 0.5) is 10.5 Å². The largest absolute Gasteiger partial charge is 0.508 e. The summed E-state index contributed by atoms with van der Waals surface area (Å²) in [5.74, 6) is 0.105. The van der Waals surface area contributed by atoms with E-state index in [9.17, 15) is 9.90 Å². The molecule has 3 nitrogen and oxygen atoms in total. The normalized spacial score (nSPS) is 16.8. The smallest absolute Gasteiger partial charge is 0.296 e. The van der Waals surface area contributed by atoms with Crippen LogP contribution in [-0.4, -0.2) is 15.3 Å². The number of amides is 1. The van der Waals surface area contributed by atoms with E-state index in [0.29, 0.717) is 10.7 Å². The van der Waals surface area contributed by atoms with Gasteiger partial charge in [0.1, 0.15) is 10.7 Å². The van der Waals surface area contributed by atoms with Crippen molar-refractivity contribution in [3.63, 3.8) is 0 Å². The summed E-state index contributed by atoms with van der Waals surface area (Å²) in [7, 11) is 0. The van der Waals surface area contributed by atoms with Crippen LogP contribution in [0.2, 0.25) is 0 Å². The molecule has 1 amide bonds. The number of thiocarbonyl (C=S) groups is 1. The SMILES string of the molecule is O=C1SC(=Cc2ccccc2)C(=S)N1c1cccc(O)c1. The summed E-state index contributed by atoms with van der Waals surface area (Å²) < 4.78 is 0. The third-order valence-electron chi connectivity index (χ3n) is 2.98. The molecule has 1 aliphatic heterocycles. The predicted octanol–water partition coefficient (Wildman–Crippen LogP) is 4.43. The van der Waals surface area contributed by atoms with Gasteiger partial charge in [-0.3, -0.25) is 9.69 Å². The van der Waals surface area contributed by atoms with Gasteiger partial charge in [-0.25, -0.2) is 0 Å². The highest BCUT2D eigenvalue weighted by molar-refractivity contribution is 8.20. The standard InChI is InChI=1S/C16H11NO2S2/c18-13-8-4-7-12(10-13)17-15(20)14(21-16(17)19)9-11-5-2-1-3-6-11/h1-10,18H. The molecule has 0 aromatic heterocycles. The summed E-state index contributed by atoms with van der Waals surface area (Å²) in [4.78, 5) is 14.8. The van der Waals surface area contributed by atoms with Crippen molar-refractivity contribution >= 4 is 46.0 Å². The first kappa shape index (κ1) is 13.9. The zero-order valence-electron chi connectivity index (χ0n) is 10.9. The molecule has 1 saturated heterocycles. The topological polar surface area (TPSA) is 40.5 Å². The number of phenolic OH excluding ortho intramolecular Hbond substituents is 1. The molecule has 0 saturated carbocycles. The quantitative estimate of drug-likeness (QED) is 0.657. The van der Waals surface area contributed by atoms with Crippen LogP contribution in [0.5, 0.6) is 5.75 Å². The van der Waals surface area contributed by atoms with Crippen molar-refractivity contribution in [2.24, 2.45) is 0 Å². The van der Waals surface area contributed by atoms with Crippen molar-refractivity contribution in [1.29, 1.82) is 0 Å². The molecule has 1 aliphatic rings. The molecule has 0 atom stereocenters. The summed E-state index contributed by atoms with van der Waals surface area (Å²) in [6.45, 7) is 0. The number of hydrogen-bond acceptors (Lipinski definition) is 4. The van der Waals surface area contributed by atoms with Gasteiger partial charge in [-0.1, -0.05) is 48.6 Å². The van der Waals surface area contributed by atoms with Crippen molar-refractivity contribution in [3.05, 3.63) is 65.1 Å². The number of aromatic hydroxyl groups is 1. The Labute approximate surface area is 131 Å². The van der Waals surface area contributed by atoms with Gasteiger partial charge < -0.3 is 5.11 Å². The van der Waals surface area contributed by atoms with E-state index >= 15 is 0 Å². The lowest BCUT2D eigenvalue weighted by Gasteiger charge is -2.14. The highest BCUT2D eigenvalue weighted by atomic mass is 32.2. The second-order valence-electron chi connectivity index (χ2n) is 4.45. The zero-order chi connectivity index (χ0) is 14.8. The molecule has 0 spiro atoms. The number of phenols is 1. The lowest BCUT2D eigenvalue weighted by molar-refractivity contribution is 0.268. The fourth-order valence-electron chi connectivity index (χ4n) is 2.02. The van der Waals surface area contributed by atoms with Crippen molar-refractivity contribution in [2.75, 3.05) is 4.90 Å². The maximum absolute atomic E-state index is 12.2. The maximum Gasteiger partial charge on any atom is 0.296 e. The first-order valence-corrected chi connectivity index (χ1v) is 7.50. The third-order valence-corrected chi connectivity index (χ3v) is 4.40. The minimum absolute atomic E-state index is 0.105. The Kier molecular flexibility index (Phi) is 3.77. The number of carbonyl (C=O) groups is 1. The van der Waals surface area contributed by atoms with E-state index < -0.39 is 0 Å². The van der Waals surface area contributed by atoms with E-state index in [1.165, 1.54) is 11.0 Å². The average Bonchev–Trinajstić information content (AvgIpc) is 2.74. The van der Waals surface area contributed by atoms with E-state index in [4.69, 9.17) is 12.2 Å². The van der Waals surface area contributed by atoms with Gasteiger partial charge in [-0.2, -0.15) is 0 Å². The van der Waals surface area contributed by atoms with Gasteiger partial charge in [-0.15, -0.1) is 0 Å². The number of rotatable bonds is 2. The van der Waals surface area contributed by atoms with Crippen LogP contribution in [0.25, 0.3) is 6.08 Å². The first-order chi connectivity index (χ1) is 10.1. The highest BCUT2D eigenvalue weighted by Crippen LogP contribution is 2.37. The fourth-order valence-corrected chi connectivity index (χ4v) is 3.30. The molecule has 0 unspecified atom stereocenters. The minimum atomic E-state index is -0.159. The fraction of sp³-hybridized carbons (Fsp3) is 0. The Hall–Kier alpha value is -2.11. The van der Waals surface area contributed by atoms with Crippen LogP contribution < -0.4 is 4.90 Å². The van der Waals surface area contributed by atoms with Crippen LogP contribution in [0, 0.1) is 0 Å². The third kappa shape index (κ3) is 2.84. The lowest BCUT2D eigenvalue weighted by Crippen LogP contribution is -2.26. The van der Waals surface area contributed by atoms with Crippen LogP contribution in [0.3, 0.4) is 0 Å². The number of nitrogens with zero attached hydrogens (tertiary/aromatic N) is 1. The Balaban J connectivity index is 1.94. The second kappa shape index (κ2) is 5.71. The zero-order valence-corrected chi connectivity index (χ0v) is 12.5. The average molecular weight is 313 g/mol. The number of thioether (sulfide) groups is 1. The second-order valence-corrected chi connectivity index (χ2v) is 5.83. The van der Waals surface area contributed by atoms with Crippen LogP contribution in [0.15, 0.2) is 59.5 Å². The van der Waals surface area contributed by atoms with Crippen molar-refractivity contribution in [3.8, 4) is 5.75 Å².